The van der Waals surface area contributed by atoms with Crippen LogP contribution in [0.1, 0.15) is 45.2 Å². The van der Waals surface area contributed by atoms with Crippen LogP contribution in [0.2, 0.25) is 0 Å². The van der Waals surface area contributed by atoms with E-state index in [1.54, 1.807) is 29.7 Å². The van der Waals surface area contributed by atoms with Crippen molar-refractivity contribution in [2.24, 2.45) is 5.73 Å². The fraction of sp³-hybridized carbons (Fsp3) is 0.286. The van der Waals surface area contributed by atoms with Gasteiger partial charge < -0.3 is 30.0 Å². The Balaban J connectivity index is 1.81. The number of ether oxygens (including phenoxy) is 1. The molecule has 11 nitrogen and oxygen atoms in total. The number of rotatable bonds is 3. The maximum absolute atomic E-state index is 12.4. The first kappa shape index (κ1) is 21.1. The van der Waals surface area contributed by atoms with Gasteiger partial charge in [-0.3, -0.25) is 9.59 Å². The Morgan fingerprint density at radius 1 is 1.34 bits per heavy atom. The van der Waals surface area contributed by atoms with E-state index in [1.165, 1.54) is 14.0 Å². The summed E-state index contributed by atoms with van der Waals surface area (Å²) in [5.74, 6) is 5.56. The van der Waals surface area contributed by atoms with Crippen molar-refractivity contribution in [3.8, 4) is 29.0 Å². The number of aromatic nitrogens is 4. The van der Waals surface area contributed by atoms with Gasteiger partial charge in [0.2, 0.25) is 11.7 Å². The predicted molar refractivity (Wildman–Crippen MR) is 111 cm³/mol. The number of primary amides is 1. The van der Waals surface area contributed by atoms with Gasteiger partial charge in [-0.1, -0.05) is 17.0 Å². The lowest BCUT2D eigenvalue weighted by Crippen LogP contribution is -2.26. The fourth-order valence-corrected chi connectivity index (χ4v) is 3.30. The molecule has 11 heteroatoms. The molecule has 1 aromatic carbocycles. The van der Waals surface area contributed by atoms with E-state index in [0.717, 1.165) is 0 Å². The molecular weight excluding hydrogens is 416 g/mol. The second kappa shape index (κ2) is 7.82. The van der Waals surface area contributed by atoms with Crippen molar-refractivity contribution in [3.05, 3.63) is 46.9 Å². The highest BCUT2D eigenvalue weighted by Crippen LogP contribution is 2.34. The molecule has 0 bridgehead atoms. The van der Waals surface area contributed by atoms with Gasteiger partial charge in [-0.2, -0.15) is 4.98 Å². The molecule has 3 aromatic rings. The van der Waals surface area contributed by atoms with E-state index in [4.69, 9.17) is 15.0 Å². The third-order valence-electron chi connectivity index (χ3n) is 4.85. The summed E-state index contributed by atoms with van der Waals surface area (Å²) in [7, 11) is 1.46. The van der Waals surface area contributed by atoms with Gasteiger partial charge in [0.15, 0.2) is 11.3 Å². The van der Waals surface area contributed by atoms with Gasteiger partial charge in [0.25, 0.3) is 11.8 Å². The number of hydrogen-bond acceptors (Lipinski definition) is 8. The second-order valence-electron chi connectivity index (χ2n) is 7.25. The summed E-state index contributed by atoms with van der Waals surface area (Å²) in [5.41, 5.74) is 4.84. The average Bonchev–Trinajstić information content (AvgIpc) is 3.32. The Morgan fingerprint density at radius 3 is 2.78 bits per heavy atom. The lowest BCUT2D eigenvalue weighted by Gasteiger charge is -2.10. The van der Waals surface area contributed by atoms with Gasteiger partial charge in [-0.25, -0.2) is 4.98 Å². The number of benzene rings is 1. The molecule has 2 aromatic heterocycles. The van der Waals surface area contributed by atoms with Gasteiger partial charge in [0, 0.05) is 19.5 Å². The van der Waals surface area contributed by atoms with Gasteiger partial charge in [-0.15, -0.1) is 0 Å². The molecule has 1 aliphatic heterocycles. The summed E-state index contributed by atoms with van der Waals surface area (Å²) in [6.45, 7) is 3.62. The van der Waals surface area contributed by atoms with Crippen LogP contribution in [0.4, 0.5) is 0 Å². The molecule has 0 fully saturated rings. The summed E-state index contributed by atoms with van der Waals surface area (Å²) in [6.07, 6.45) is 0. The number of nitrogens with zero attached hydrogens (tertiary/aromatic N) is 4. The van der Waals surface area contributed by atoms with Crippen molar-refractivity contribution in [1.82, 2.24) is 25.0 Å². The number of fused-ring (bicyclic) bond motifs is 3. The van der Waals surface area contributed by atoms with Crippen LogP contribution in [0.15, 0.2) is 22.7 Å². The number of aryl methyl sites for hydroxylation is 1. The first-order valence-electron chi connectivity index (χ1n) is 9.67. The van der Waals surface area contributed by atoms with Crippen LogP contribution in [-0.4, -0.2) is 50.3 Å². The van der Waals surface area contributed by atoms with Crippen LogP contribution in [0.3, 0.4) is 0 Å². The third kappa shape index (κ3) is 3.67. The number of amides is 2. The molecule has 32 heavy (non-hydrogen) atoms. The summed E-state index contributed by atoms with van der Waals surface area (Å²) in [6, 6.07) is 5.12. The molecule has 3 heterocycles. The molecule has 0 spiro atoms. The van der Waals surface area contributed by atoms with Crippen LogP contribution in [0, 0.1) is 18.8 Å². The maximum atomic E-state index is 12.4. The van der Waals surface area contributed by atoms with Crippen molar-refractivity contribution in [3.63, 3.8) is 0 Å². The van der Waals surface area contributed by atoms with Crippen molar-refractivity contribution in [2.45, 2.75) is 26.0 Å². The van der Waals surface area contributed by atoms with E-state index in [1.807, 2.05) is 0 Å². The third-order valence-corrected chi connectivity index (χ3v) is 4.85. The SMILES string of the molecule is CNC(=O)c1c(C(N)=O)nc2n1CCOc1ccc(C#C[C@@](C)(O)c3noc(C)n3)cc1-2. The molecule has 0 radical (unpaired) electrons. The fourth-order valence-electron chi connectivity index (χ4n) is 3.30. The average molecular weight is 436 g/mol. The Bertz CT molecular complexity index is 1290. The standard InChI is InChI=1S/C21H20N6O5/c1-11-24-20(26-32-11)21(2,30)7-6-12-4-5-14-13(10-12)18-25-15(17(22)28)16(19(29)23-3)27(18)8-9-31-14/h4-5,10,30H,8-9H2,1-3H3,(H2,22,28)(H,23,29)/t21-/m1/s1. The highest BCUT2D eigenvalue weighted by atomic mass is 16.5. The molecule has 0 aliphatic carbocycles. The van der Waals surface area contributed by atoms with E-state index >= 15 is 0 Å². The highest BCUT2D eigenvalue weighted by Gasteiger charge is 2.29. The monoisotopic (exact) mass is 436 g/mol. The van der Waals surface area contributed by atoms with Gasteiger partial charge in [0.05, 0.1) is 12.1 Å². The van der Waals surface area contributed by atoms with Crippen molar-refractivity contribution in [1.29, 1.82) is 0 Å². The molecule has 0 saturated carbocycles. The van der Waals surface area contributed by atoms with Gasteiger partial charge >= 0.3 is 0 Å². The van der Waals surface area contributed by atoms with Crippen molar-refractivity contribution < 1.29 is 24.0 Å². The Kier molecular flexibility index (Phi) is 5.15. The molecule has 0 unspecified atom stereocenters. The molecule has 2 amide bonds. The van der Waals surface area contributed by atoms with E-state index in [-0.39, 0.29) is 23.8 Å². The van der Waals surface area contributed by atoms with E-state index in [9.17, 15) is 14.7 Å². The minimum absolute atomic E-state index is 0.0532. The summed E-state index contributed by atoms with van der Waals surface area (Å²) < 4.78 is 12.3. The number of imidazole rings is 1. The van der Waals surface area contributed by atoms with E-state index in [2.05, 4.69) is 32.3 Å². The predicted octanol–water partition coefficient (Wildman–Crippen LogP) is 0.352. The minimum Gasteiger partial charge on any atom is -0.491 e. The summed E-state index contributed by atoms with van der Waals surface area (Å²) in [5, 5.41) is 16.8. The lowest BCUT2D eigenvalue weighted by atomic mass is 10.0. The molecular formula is C21H20N6O5. The van der Waals surface area contributed by atoms with E-state index in [0.29, 0.717) is 35.1 Å². The number of carbonyl (C=O) groups is 2. The Hall–Kier alpha value is -4.17. The zero-order valence-electron chi connectivity index (χ0n) is 17.6. The molecule has 0 saturated heterocycles. The largest absolute Gasteiger partial charge is 0.491 e. The molecule has 164 valence electrons. The first-order chi connectivity index (χ1) is 15.2. The highest BCUT2D eigenvalue weighted by molar-refractivity contribution is 6.05. The maximum Gasteiger partial charge on any atom is 0.270 e. The normalized spacial score (nSPS) is 14.0. The Morgan fingerprint density at radius 2 is 2.12 bits per heavy atom. The first-order valence-corrected chi connectivity index (χ1v) is 9.67. The zero-order valence-corrected chi connectivity index (χ0v) is 17.6. The zero-order chi connectivity index (χ0) is 23.0. The molecule has 1 atom stereocenters. The van der Waals surface area contributed by atoms with Crippen LogP contribution >= 0.6 is 0 Å². The number of aliphatic hydroxyl groups is 1. The van der Waals surface area contributed by atoms with E-state index < -0.39 is 17.4 Å². The molecule has 1 aliphatic rings. The summed E-state index contributed by atoms with van der Waals surface area (Å²) in [4.78, 5) is 32.7. The van der Waals surface area contributed by atoms with Crippen LogP contribution in [-0.2, 0) is 12.1 Å². The molecule has 4 N–H and O–H groups in total. The number of nitrogens with two attached hydrogens (primary N) is 1. The minimum atomic E-state index is -1.63. The Labute approximate surface area is 182 Å². The van der Waals surface area contributed by atoms with Crippen molar-refractivity contribution >= 4 is 11.8 Å². The van der Waals surface area contributed by atoms with Crippen LogP contribution in [0.5, 0.6) is 5.75 Å². The molecule has 4 rings (SSSR count). The van der Waals surface area contributed by atoms with Gasteiger partial charge in [0.1, 0.15) is 23.9 Å². The summed E-state index contributed by atoms with van der Waals surface area (Å²) >= 11 is 0. The quantitative estimate of drug-likeness (QED) is 0.496. The lowest BCUT2D eigenvalue weighted by molar-refractivity contribution is 0.0933. The van der Waals surface area contributed by atoms with Crippen LogP contribution in [0.25, 0.3) is 11.4 Å². The number of nitrogens with one attached hydrogen (secondary N) is 1. The smallest absolute Gasteiger partial charge is 0.270 e. The van der Waals surface area contributed by atoms with Gasteiger partial charge in [-0.05, 0) is 25.1 Å². The second-order valence-corrected chi connectivity index (χ2v) is 7.25. The number of hydrogen-bond donors (Lipinski definition) is 3. The van der Waals surface area contributed by atoms with Crippen LogP contribution < -0.4 is 15.8 Å². The van der Waals surface area contributed by atoms with Crippen molar-refractivity contribution in [2.75, 3.05) is 13.7 Å². The topological polar surface area (TPSA) is 158 Å². The number of carbonyl (C=O) groups excluding carboxylic acids is 2.